The van der Waals surface area contributed by atoms with Gasteiger partial charge in [-0.05, 0) is 30.9 Å². The minimum atomic E-state index is 0.503. The molecule has 0 atom stereocenters. The number of nitrogens with zero attached hydrogens (tertiary/aromatic N) is 2. The van der Waals surface area contributed by atoms with Crippen LogP contribution >= 0.6 is 0 Å². The summed E-state index contributed by atoms with van der Waals surface area (Å²) in [5, 5.41) is 0. The summed E-state index contributed by atoms with van der Waals surface area (Å²) < 4.78 is 0. The molecule has 0 aliphatic rings. The van der Waals surface area contributed by atoms with Gasteiger partial charge in [0.15, 0.2) is 0 Å². The molecule has 1 aromatic rings. The van der Waals surface area contributed by atoms with Crippen molar-refractivity contribution in [3.05, 3.63) is 29.8 Å². The summed E-state index contributed by atoms with van der Waals surface area (Å²) in [5.74, 6) is 0. The lowest BCUT2D eigenvalue weighted by Crippen LogP contribution is -1.88. The van der Waals surface area contributed by atoms with Gasteiger partial charge >= 0.3 is 0 Å². The number of hydrogen-bond donors (Lipinski definition) is 0. The molecule has 4 heteroatoms. The Balaban J connectivity index is 2.52. The van der Waals surface area contributed by atoms with Crippen LogP contribution in [0.1, 0.15) is 18.4 Å². The van der Waals surface area contributed by atoms with E-state index in [4.69, 9.17) is 0 Å². The Morgan fingerprint density at radius 3 is 2.62 bits per heavy atom. The molecule has 82 valence electrons. The molecule has 0 radical (unpaired) electrons. The fourth-order valence-electron chi connectivity index (χ4n) is 1.43. The molecule has 1 aromatic carbocycles. The van der Waals surface area contributed by atoms with E-state index in [-0.39, 0.29) is 0 Å². The van der Waals surface area contributed by atoms with Gasteiger partial charge in [-0.3, -0.25) is 0 Å². The first-order chi connectivity index (χ1) is 7.88. The predicted molar refractivity (Wildman–Crippen MR) is 60.2 cm³/mol. The first kappa shape index (κ1) is 12.1. The molecule has 0 saturated heterocycles. The zero-order chi connectivity index (χ0) is 11.6. The van der Waals surface area contributed by atoms with E-state index in [2.05, 4.69) is 9.98 Å². The summed E-state index contributed by atoms with van der Waals surface area (Å²) in [6.45, 7) is 0.503. The summed E-state index contributed by atoms with van der Waals surface area (Å²) in [4.78, 5) is 27.1. The van der Waals surface area contributed by atoms with Crippen LogP contribution in [0.4, 0.5) is 5.69 Å². The van der Waals surface area contributed by atoms with E-state index in [1.165, 1.54) is 6.08 Å². The van der Waals surface area contributed by atoms with Crippen molar-refractivity contribution < 1.29 is 9.59 Å². The summed E-state index contributed by atoms with van der Waals surface area (Å²) >= 11 is 0. The third kappa shape index (κ3) is 4.01. The minimum absolute atomic E-state index is 0.503. The number of unbranched alkanes of at least 4 members (excludes halogenated alkanes) is 1. The Hall–Kier alpha value is -2.02. The van der Waals surface area contributed by atoms with Crippen molar-refractivity contribution in [2.45, 2.75) is 19.3 Å². The SMILES string of the molecule is O=C=NCCCCc1ccccc1N=C=O. The van der Waals surface area contributed by atoms with Crippen LogP contribution < -0.4 is 0 Å². The van der Waals surface area contributed by atoms with Crippen molar-refractivity contribution in [1.29, 1.82) is 0 Å². The third-order valence-electron chi connectivity index (χ3n) is 2.19. The first-order valence-corrected chi connectivity index (χ1v) is 5.08. The first-order valence-electron chi connectivity index (χ1n) is 5.08. The lowest BCUT2D eigenvalue weighted by Gasteiger charge is -2.02. The van der Waals surface area contributed by atoms with Gasteiger partial charge in [-0.25, -0.2) is 14.6 Å². The van der Waals surface area contributed by atoms with Crippen LogP contribution in [0.15, 0.2) is 34.3 Å². The van der Waals surface area contributed by atoms with Gasteiger partial charge in [0.2, 0.25) is 12.2 Å². The van der Waals surface area contributed by atoms with Crippen LogP contribution in [0.3, 0.4) is 0 Å². The fourth-order valence-corrected chi connectivity index (χ4v) is 1.43. The molecule has 0 saturated carbocycles. The Morgan fingerprint density at radius 2 is 1.88 bits per heavy atom. The van der Waals surface area contributed by atoms with Crippen molar-refractivity contribution in [3.8, 4) is 0 Å². The fraction of sp³-hybridized carbons (Fsp3) is 0.333. The maximum Gasteiger partial charge on any atom is 0.240 e. The number of aryl methyl sites for hydroxylation is 1. The van der Waals surface area contributed by atoms with Crippen molar-refractivity contribution in [3.63, 3.8) is 0 Å². The lowest BCUT2D eigenvalue weighted by molar-refractivity contribution is 0.561. The zero-order valence-electron chi connectivity index (χ0n) is 8.85. The van der Waals surface area contributed by atoms with E-state index in [1.54, 1.807) is 12.1 Å². The van der Waals surface area contributed by atoms with E-state index in [0.717, 1.165) is 24.8 Å². The van der Waals surface area contributed by atoms with Crippen LogP contribution in [0.25, 0.3) is 0 Å². The Morgan fingerprint density at radius 1 is 1.06 bits per heavy atom. The molecule has 0 spiro atoms. The maximum atomic E-state index is 10.2. The van der Waals surface area contributed by atoms with Gasteiger partial charge in [-0.2, -0.15) is 4.99 Å². The van der Waals surface area contributed by atoms with Crippen LogP contribution in [-0.2, 0) is 16.0 Å². The average Bonchev–Trinajstić information content (AvgIpc) is 2.31. The molecule has 0 N–H and O–H groups in total. The van der Waals surface area contributed by atoms with Crippen molar-refractivity contribution in [2.75, 3.05) is 6.54 Å². The molecular weight excluding hydrogens is 204 g/mol. The van der Waals surface area contributed by atoms with Crippen LogP contribution in [-0.4, -0.2) is 18.7 Å². The van der Waals surface area contributed by atoms with Gasteiger partial charge in [-0.15, -0.1) is 0 Å². The number of carbonyl (C=O) groups excluding carboxylic acids is 2. The number of benzene rings is 1. The average molecular weight is 216 g/mol. The van der Waals surface area contributed by atoms with Gasteiger partial charge in [0.25, 0.3) is 0 Å². The summed E-state index contributed by atoms with van der Waals surface area (Å²) in [6, 6.07) is 7.45. The highest BCUT2D eigenvalue weighted by Gasteiger charge is 1.99. The van der Waals surface area contributed by atoms with Crippen molar-refractivity contribution >= 4 is 17.8 Å². The van der Waals surface area contributed by atoms with Gasteiger partial charge in [0, 0.05) is 0 Å². The summed E-state index contributed by atoms with van der Waals surface area (Å²) in [6.07, 6.45) is 5.59. The molecule has 4 nitrogen and oxygen atoms in total. The Kier molecular flexibility index (Phi) is 5.49. The number of aliphatic imine (C=N–C) groups is 2. The van der Waals surface area contributed by atoms with Crippen LogP contribution in [0, 0.1) is 0 Å². The van der Waals surface area contributed by atoms with E-state index in [9.17, 15) is 9.59 Å². The molecule has 0 aromatic heterocycles. The molecule has 16 heavy (non-hydrogen) atoms. The second-order valence-corrected chi connectivity index (χ2v) is 3.26. The highest BCUT2D eigenvalue weighted by atomic mass is 16.1. The standard InChI is InChI=1S/C12H12N2O2/c15-9-13-8-4-3-6-11-5-1-2-7-12(11)14-10-16/h1-2,5,7H,3-4,6,8H2. The predicted octanol–water partition coefficient (Wildman–Crippen LogP) is 2.31. The lowest BCUT2D eigenvalue weighted by atomic mass is 10.1. The maximum absolute atomic E-state index is 10.2. The molecule has 0 aliphatic heterocycles. The smallest absolute Gasteiger partial charge is 0.211 e. The second kappa shape index (κ2) is 7.30. The highest BCUT2D eigenvalue weighted by molar-refractivity contribution is 5.53. The second-order valence-electron chi connectivity index (χ2n) is 3.26. The molecule has 0 aliphatic carbocycles. The zero-order valence-corrected chi connectivity index (χ0v) is 8.85. The van der Waals surface area contributed by atoms with E-state index >= 15 is 0 Å². The van der Waals surface area contributed by atoms with Gasteiger partial charge in [-0.1, -0.05) is 18.2 Å². The minimum Gasteiger partial charge on any atom is -0.211 e. The van der Waals surface area contributed by atoms with Crippen molar-refractivity contribution in [2.24, 2.45) is 9.98 Å². The Labute approximate surface area is 93.7 Å². The number of rotatable bonds is 6. The third-order valence-corrected chi connectivity index (χ3v) is 2.19. The molecule has 0 unspecified atom stereocenters. The van der Waals surface area contributed by atoms with Crippen LogP contribution in [0.2, 0.25) is 0 Å². The Bertz CT molecular complexity index is 430. The molecule has 0 fully saturated rings. The van der Waals surface area contributed by atoms with E-state index in [0.29, 0.717) is 12.2 Å². The summed E-state index contributed by atoms with van der Waals surface area (Å²) in [7, 11) is 0. The molecule has 0 heterocycles. The largest absolute Gasteiger partial charge is 0.240 e. The van der Waals surface area contributed by atoms with Gasteiger partial charge in [0.1, 0.15) is 0 Å². The number of hydrogen-bond acceptors (Lipinski definition) is 4. The molecule has 0 amide bonds. The van der Waals surface area contributed by atoms with Crippen LogP contribution in [0.5, 0.6) is 0 Å². The van der Waals surface area contributed by atoms with Gasteiger partial charge in [0.05, 0.1) is 12.2 Å². The number of para-hydroxylation sites is 1. The molecule has 0 bridgehead atoms. The normalized spacial score (nSPS) is 9.00. The summed E-state index contributed by atoms with van der Waals surface area (Å²) in [5.41, 5.74) is 1.68. The monoisotopic (exact) mass is 216 g/mol. The van der Waals surface area contributed by atoms with E-state index in [1.807, 2.05) is 18.2 Å². The van der Waals surface area contributed by atoms with E-state index < -0.39 is 0 Å². The molecule has 1 rings (SSSR count). The number of isocyanates is 2. The molecular formula is C12H12N2O2. The van der Waals surface area contributed by atoms with Crippen molar-refractivity contribution in [1.82, 2.24) is 0 Å². The highest BCUT2D eigenvalue weighted by Crippen LogP contribution is 2.19. The van der Waals surface area contributed by atoms with Gasteiger partial charge < -0.3 is 0 Å². The quantitative estimate of drug-likeness (QED) is 0.416. The topological polar surface area (TPSA) is 58.9 Å².